The molecule has 1 aliphatic heterocycles. The van der Waals surface area contributed by atoms with E-state index in [2.05, 4.69) is 42.0 Å². The van der Waals surface area contributed by atoms with Gasteiger partial charge in [-0.3, -0.25) is 9.80 Å². The Bertz CT molecular complexity index is 476. The molecule has 3 heteroatoms. The molecule has 0 aromatic heterocycles. The number of aryl methyl sites for hydroxylation is 1. The molecule has 0 bridgehead atoms. The molecule has 21 heavy (non-hydrogen) atoms. The van der Waals surface area contributed by atoms with Crippen LogP contribution in [0.2, 0.25) is 0 Å². The number of nitrogens with zero attached hydrogens (tertiary/aromatic N) is 2. The minimum Gasteiger partial charge on any atom is -0.387 e. The van der Waals surface area contributed by atoms with E-state index in [1.165, 1.54) is 24.9 Å². The van der Waals surface area contributed by atoms with E-state index in [1.807, 2.05) is 6.07 Å². The van der Waals surface area contributed by atoms with Gasteiger partial charge >= 0.3 is 0 Å². The van der Waals surface area contributed by atoms with Crippen molar-refractivity contribution in [1.29, 1.82) is 0 Å². The van der Waals surface area contributed by atoms with E-state index in [1.54, 1.807) is 0 Å². The maximum Gasteiger partial charge on any atom is 0.0947 e. The first-order valence-electron chi connectivity index (χ1n) is 8.41. The monoisotopic (exact) mass is 288 g/mol. The number of likely N-dealkylation sites (tertiary alicyclic amines) is 1. The molecule has 1 aromatic rings. The quantitative estimate of drug-likeness (QED) is 0.922. The molecule has 1 aromatic carbocycles. The van der Waals surface area contributed by atoms with Crippen molar-refractivity contribution in [2.75, 3.05) is 26.7 Å². The molecule has 3 rings (SSSR count). The topological polar surface area (TPSA) is 26.7 Å². The van der Waals surface area contributed by atoms with Crippen LogP contribution in [-0.2, 0) is 6.42 Å². The SMILES string of the molecule is CCN1CCCC1CN(C)C1CCc2ccccc2C1O. The van der Waals surface area contributed by atoms with Crippen LogP contribution < -0.4 is 0 Å². The van der Waals surface area contributed by atoms with Gasteiger partial charge in [0.25, 0.3) is 0 Å². The van der Waals surface area contributed by atoms with Gasteiger partial charge in [-0.1, -0.05) is 31.2 Å². The van der Waals surface area contributed by atoms with E-state index < -0.39 is 0 Å². The molecule has 1 fully saturated rings. The largest absolute Gasteiger partial charge is 0.387 e. The fraction of sp³-hybridized carbons (Fsp3) is 0.667. The van der Waals surface area contributed by atoms with Crippen molar-refractivity contribution < 1.29 is 5.11 Å². The number of aliphatic hydroxyl groups excluding tert-OH is 1. The highest BCUT2D eigenvalue weighted by molar-refractivity contribution is 5.32. The van der Waals surface area contributed by atoms with Crippen molar-refractivity contribution in [2.45, 2.75) is 50.8 Å². The predicted molar refractivity (Wildman–Crippen MR) is 86.4 cm³/mol. The molecule has 0 spiro atoms. The third-order valence-corrected chi connectivity index (χ3v) is 5.42. The summed E-state index contributed by atoms with van der Waals surface area (Å²) in [6.07, 6.45) is 4.44. The Balaban J connectivity index is 1.67. The zero-order chi connectivity index (χ0) is 14.8. The summed E-state index contributed by atoms with van der Waals surface area (Å²) in [7, 11) is 2.19. The summed E-state index contributed by atoms with van der Waals surface area (Å²) in [6.45, 7) is 5.72. The van der Waals surface area contributed by atoms with E-state index in [4.69, 9.17) is 0 Å². The van der Waals surface area contributed by atoms with Crippen LogP contribution >= 0.6 is 0 Å². The van der Waals surface area contributed by atoms with Crippen LogP contribution in [0.1, 0.15) is 43.4 Å². The lowest BCUT2D eigenvalue weighted by Gasteiger charge is -2.38. The molecule has 0 saturated carbocycles. The van der Waals surface area contributed by atoms with Crippen LogP contribution in [-0.4, -0.2) is 53.7 Å². The summed E-state index contributed by atoms with van der Waals surface area (Å²) < 4.78 is 0. The van der Waals surface area contributed by atoms with E-state index in [9.17, 15) is 5.11 Å². The van der Waals surface area contributed by atoms with E-state index >= 15 is 0 Å². The standard InChI is InChI=1S/C18H28N2O/c1-3-20-12-6-8-15(20)13-19(2)17-11-10-14-7-4-5-9-16(14)18(17)21/h4-5,7,9,15,17-18,21H,3,6,8,10-13H2,1-2H3. The van der Waals surface area contributed by atoms with Gasteiger partial charge in [-0.15, -0.1) is 0 Å². The Hall–Kier alpha value is -0.900. The van der Waals surface area contributed by atoms with Gasteiger partial charge in [-0.25, -0.2) is 0 Å². The second-order valence-electron chi connectivity index (χ2n) is 6.61. The van der Waals surface area contributed by atoms with Gasteiger partial charge in [-0.05, 0) is 56.9 Å². The number of likely N-dealkylation sites (N-methyl/N-ethyl adjacent to an activating group) is 2. The number of rotatable bonds is 4. The van der Waals surface area contributed by atoms with E-state index in [0.29, 0.717) is 6.04 Å². The van der Waals surface area contributed by atoms with Crippen LogP contribution in [0.5, 0.6) is 0 Å². The Kier molecular flexibility index (Phi) is 4.63. The lowest BCUT2D eigenvalue weighted by atomic mass is 9.85. The fourth-order valence-corrected chi connectivity index (χ4v) is 4.17. The summed E-state index contributed by atoms with van der Waals surface area (Å²) in [5.74, 6) is 0. The predicted octanol–water partition coefficient (Wildman–Crippen LogP) is 2.45. The van der Waals surface area contributed by atoms with Crippen molar-refractivity contribution >= 4 is 0 Å². The molecule has 0 amide bonds. The number of hydrogen-bond acceptors (Lipinski definition) is 3. The number of benzene rings is 1. The van der Waals surface area contributed by atoms with Gasteiger partial charge in [0.15, 0.2) is 0 Å². The van der Waals surface area contributed by atoms with Gasteiger partial charge in [0.05, 0.1) is 6.10 Å². The van der Waals surface area contributed by atoms with E-state index in [-0.39, 0.29) is 12.1 Å². The Morgan fingerprint density at radius 2 is 2.10 bits per heavy atom. The first-order chi connectivity index (χ1) is 10.2. The summed E-state index contributed by atoms with van der Waals surface area (Å²) in [6, 6.07) is 9.30. The van der Waals surface area contributed by atoms with E-state index in [0.717, 1.165) is 31.5 Å². The van der Waals surface area contributed by atoms with Crippen LogP contribution in [0, 0.1) is 0 Å². The fourth-order valence-electron chi connectivity index (χ4n) is 4.17. The average molecular weight is 288 g/mol. The Morgan fingerprint density at radius 1 is 1.29 bits per heavy atom. The first-order valence-corrected chi connectivity index (χ1v) is 8.41. The second-order valence-corrected chi connectivity index (χ2v) is 6.61. The Labute approximate surface area is 128 Å². The van der Waals surface area contributed by atoms with Gasteiger partial charge in [0, 0.05) is 18.6 Å². The highest BCUT2D eigenvalue weighted by Crippen LogP contribution is 2.33. The van der Waals surface area contributed by atoms with Crippen LogP contribution in [0.25, 0.3) is 0 Å². The van der Waals surface area contributed by atoms with Crippen molar-refractivity contribution in [3.63, 3.8) is 0 Å². The molecular formula is C18H28N2O. The summed E-state index contributed by atoms with van der Waals surface area (Å²) >= 11 is 0. The molecular weight excluding hydrogens is 260 g/mol. The third kappa shape index (κ3) is 3.01. The summed E-state index contributed by atoms with van der Waals surface area (Å²) in [4.78, 5) is 4.99. The molecule has 116 valence electrons. The maximum atomic E-state index is 10.7. The molecule has 3 atom stereocenters. The number of fused-ring (bicyclic) bond motifs is 1. The van der Waals surface area contributed by atoms with Gasteiger partial charge in [0.1, 0.15) is 0 Å². The van der Waals surface area contributed by atoms with Crippen LogP contribution in [0.4, 0.5) is 0 Å². The second kappa shape index (κ2) is 6.47. The highest BCUT2D eigenvalue weighted by atomic mass is 16.3. The van der Waals surface area contributed by atoms with Gasteiger partial charge in [-0.2, -0.15) is 0 Å². The lowest BCUT2D eigenvalue weighted by molar-refractivity contribution is 0.0382. The summed E-state index contributed by atoms with van der Waals surface area (Å²) in [5.41, 5.74) is 2.46. The molecule has 2 aliphatic rings. The number of hydrogen-bond donors (Lipinski definition) is 1. The maximum absolute atomic E-state index is 10.7. The number of aliphatic hydroxyl groups is 1. The minimum absolute atomic E-state index is 0.263. The average Bonchev–Trinajstić information content (AvgIpc) is 2.95. The van der Waals surface area contributed by atoms with Crippen molar-refractivity contribution in [2.24, 2.45) is 0 Å². The molecule has 1 N–H and O–H groups in total. The molecule has 1 saturated heterocycles. The lowest BCUT2D eigenvalue weighted by Crippen LogP contribution is -2.46. The van der Waals surface area contributed by atoms with Crippen molar-refractivity contribution in [3.05, 3.63) is 35.4 Å². The van der Waals surface area contributed by atoms with Crippen LogP contribution in [0.15, 0.2) is 24.3 Å². The smallest absolute Gasteiger partial charge is 0.0947 e. The Morgan fingerprint density at radius 3 is 2.90 bits per heavy atom. The van der Waals surface area contributed by atoms with Gasteiger partial charge in [0.2, 0.25) is 0 Å². The molecule has 0 radical (unpaired) electrons. The normalized spacial score (nSPS) is 29.8. The van der Waals surface area contributed by atoms with Crippen molar-refractivity contribution in [1.82, 2.24) is 9.80 Å². The molecule has 3 nitrogen and oxygen atoms in total. The third-order valence-electron chi connectivity index (χ3n) is 5.42. The first kappa shape index (κ1) is 15.0. The van der Waals surface area contributed by atoms with Gasteiger partial charge < -0.3 is 5.11 Å². The van der Waals surface area contributed by atoms with Crippen molar-refractivity contribution in [3.8, 4) is 0 Å². The molecule has 1 aliphatic carbocycles. The zero-order valence-corrected chi connectivity index (χ0v) is 13.3. The molecule has 3 unspecified atom stereocenters. The summed E-state index contributed by atoms with van der Waals surface area (Å²) in [5, 5.41) is 10.7. The van der Waals surface area contributed by atoms with Crippen LogP contribution in [0.3, 0.4) is 0 Å². The zero-order valence-electron chi connectivity index (χ0n) is 13.3. The molecule has 1 heterocycles. The minimum atomic E-state index is -0.337. The highest BCUT2D eigenvalue weighted by Gasteiger charge is 2.33.